The largest absolute Gasteiger partial charge is 0.324 e. The first kappa shape index (κ1) is 16.6. The van der Waals surface area contributed by atoms with Crippen LogP contribution in [0.1, 0.15) is 5.56 Å². The van der Waals surface area contributed by atoms with Crippen LogP contribution in [0.3, 0.4) is 0 Å². The highest BCUT2D eigenvalue weighted by Gasteiger charge is 2.09. The Kier molecular flexibility index (Phi) is 4.98. The molecule has 2 N–H and O–H groups in total. The lowest BCUT2D eigenvalue weighted by Gasteiger charge is -2.07. The number of amides is 2. The van der Waals surface area contributed by atoms with Gasteiger partial charge >= 0.3 is 6.03 Å². The van der Waals surface area contributed by atoms with Crippen molar-refractivity contribution in [1.29, 1.82) is 0 Å². The monoisotopic (exact) mass is 343 g/mol. The molecule has 0 radical (unpaired) electrons. The Labute approximate surface area is 142 Å². The van der Waals surface area contributed by atoms with Gasteiger partial charge in [-0.25, -0.2) is 18.3 Å². The topological polar surface area (TPSA) is 71.8 Å². The quantitative estimate of drug-likeness (QED) is 0.742. The van der Waals surface area contributed by atoms with Gasteiger partial charge in [0.1, 0.15) is 0 Å². The average molecular weight is 343 g/mol. The van der Waals surface area contributed by atoms with Gasteiger partial charge in [0.15, 0.2) is 5.82 Å². The Morgan fingerprint density at radius 3 is 2.64 bits per heavy atom. The predicted octanol–water partition coefficient (Wildman–Crippen LogP) is 3.72. The molecular formula is C17H15F2N5O. The van der Waals surface area contributed by atoms with Crippen LogP contribution in [0.2, 0.25) is 0 Å². The van der Waals surface area contributed by atoms with Gasteiger partial charge in [0.05, 0.1) is 11.9 Å². The van der Waals surface area contributed by atoms with Gasteiger partial charge in [-0.2, -0.15) is 0 Å². The van der Waals surface area contributed by atoms with E-state index in [1.54, 1.807) is 24.4 Å². The molecule has 0 unspecified atom stereocenters. The normalized spacial score (nSPS) is 10.7. The SMILES string of the molecule is O=C(Nc1cccc(CC(F)F)c1)Nc1cn(-c2ccccc2)nn1. The molecule has 0 aliphatic rings. The Bertz CT molecular complexity index is 851. The number of alkyl halides is 2. The van der Waals surface area contributed by atoms with Crippen LogP contribution in [0.15, 0.2) is 60.8 Å². The molecule has 0 spiro atoms. The van der Waals surface area contributed by atoms with E-state index < -0.39 is 12.5 Å². The van der Waals surface area contributed by atoms with E-state index in [-0.39, 0.29) is 12.2 Å². The maximum atomic E-state index is 12.4. The van der Waals surface area contributed by atoms with E-state index in [9.17, 15) is 13.6 Å². The molecule has 0 saturated carbocycles. The highest BCUT2D eigenvalue weighted by atomic mass is 19.3. The first-order valence-electron chi connectivity index (χ1n) is 7.53. The number of carbonyl (C=O) groups is 1. The molecule has 1 heterocycles. The van der Waals surface area contributed by atoms with Crippen molar-refractivity contribution in [3.63, 3.8) is 0 Å². The minimum atomic E-state index is -2.43. The first-order valence-corrected chi connectivity index (χ1v) is 7.53. The molecule has 0 aliphatic carbocycles. The lowest BCUT2D eigenvalue weighted by Crippen LogP contribution is -2.19. The number of anilines is 2. The standard InChI is InChI=1S/C17H15F2N5O/c18-15(19)10-12-5-4-6-13(9-12)20-17(25)21-16-11-24(23-22-16)14-7-2-1-3-8-14/h1-9,11,15H,10H2,(H2,20,21,25). The van der Waals surface area contributed by atoms with Gasteiger partial charge in [-0.15, -0.1) is 5.10 Å². The summed E-state index contributed by atoms with van der Waals surface area (Å²) in [5.41, 5.74) is 1.68. The lowest BCUT2D eigenvalue weighted by molar-refractivity contribution is 0.149. The summed E-state index contributed by atoms with van der Waals surface area (Å²) in [5.74, 6) is 0.269. The Morgan fingerprint density at radius 1 is 1.08 bits per heavy atom. The molecule has 3 aromatic rings. The lowest BCUT2D eigenvalue weighted by atomic mass is 10.1. The number of hydrogen-bond donors (Lipinski definition) is 2. The predicted molar refractivity (Wildman–Crippen MR) is 90.2 cm³/mol. The van der Waals surface area contributed by atoms with Crippen molar-refractivity contribution in [3.05, 3.63) is 66.4 Å². The minimum absolute atomic E-state index is 0.269. The molecular weight excluding hydrogens is 328 g/mol. The van der Waals surface area contributed by atoms with Crippen LogP contribution in [0.4, 0.5) is 25.1 Å². The number of urea groups is 1. The molecule has 0 aliphatic heterocycles. The number of carbonyl (C=O) groups excluding carboxylic acids is 1. The molecule has 128 valence electrons. The molecule has 0 bridgehead atoms. The number of rotatable bonds is 5. The number of halogens is 2. The van der Waals surface area contributed by atoms with Crippen LogP contribution in [0, 0.1) is 0 Å². The summed E-state index contributed by atoms with van der Waals surface area (Å²) < 4.78 is 26.4. The van der Waals surface area contributed by atoms with Crippen molar-refractivity contribution in [1.82, 2.24) is 15.0 Å². The van der Waals surface area contributed by atoms with Crippen LogP contribution in [0.5, 0.6) is 0 Å². The highest BCUT2D eigenvalue weighted by molar-refractivity contribution is 5.99. The summed E-state index contributed by atoms with van der Waals surface area (Å²) in [4.78, 5) is 12.0. The van der Waals surface area contributed by atoms with Crippen LogP contribution in [-0.4, -0.2) is 27.5 Å². The van der Waals surface area contributed by atoms with Crippen molar-refractivity contribution >= 4 is 17.5 Å². The zero-order valence-electron chi connectivity index (χ0n) is 13.1. The van der Waals surface area contributed by atoms with Gasteiger partial charge in [0.25, 0.3) is 0 Å². The number of hydrogen-bond acceptors (Lipinski definition) is 3. The summed E-state index contributed by atoms with van der Waals surface area (Å²) in [6.45, 7) is 0. The summed E-state index contributed by atoms with van der Waals surface area (Å²) in [5, 5.41) is 12.9. The van der Waals surface area contributed by atoms with E-state index in [0.717, 1.165) is 5.69 Å². The summed E-state index contributed by atoms with van der Waals surface area (Å²) >= 11 is 0. The van der Waals surface area contributed by atoms with E-state index in [0.29, 0.717) is 11.3 Å². The second-order valence-corrected chi connectivity index (χ2v) is 5.26. The third kappa shape index (κ3) is 4.60. The molecule has 8 heteroatoms. The smallest absolute Gasteiger partial charge is 0.308 e. The summed E-state index contributed by atoms with van der Waals surface area (Å²) in [6, 6.07) is 15.1. The molecule has 0 atom stereocenters. The van der Waals surface area contributed by atoms with Crippen LogP contribution in [-0.2, 0) is 6.42 Å². The zero-order chi connectivity index (χ0) is 17.6. The summed E-state index contributed by atoms with van der Waals surface area (Å²) in [7, 11) is 0. The van der Waals surface area contributed by atoms with Crippen molar-refractivity contribution in [2.45, 2.75) is 12.8 Å². The van der Waals surface area contributed by atoms with Crippen molar-refractivity contribution in [3.8, 4) is 5.69 Å². The number of nitrogens with zero attached hydrogens (tertiary/aromatic N) is 3. The van der Waals surface area contributed by atoms with E-state index >= 15 is 0 Å². The minimum Gasteiger partial charge on any atom is -0.308 e. The fourth-order valence-corrected chi connectivity index (χ4v) is 2.26. The molecule has 6 nitrogen and oxygen atoms in total. The fraction of sp³-hybridized carbons (Fsp3) is 0.118. The van der Waals surface area contributed by atoms with E-state index in [1.165, 1.54) is 10.7 Å². The van der Waals surface area contributed by atoms with Crippen molar-refractivity contribution in [2.24, 2.45) is 0 Å². The maximum Gasteiger partial charge on any atom is 0.324 e. The second-order valence-electron chi connectivity index (χ2n) is 5.26. The molecule has 25 heavy (non-hydrogen) atoms. The van der Waals surface area contributed by atoms with Crippen molar-refractivity contribution in [2.75, 3.05) is 10.6 Å². The fourth-order valence-electron chi connectivity index (χ4n) is 2.26. The van der Waals surface area contributed by atoms with Crippen LogP contribution >= 0.6 is 0 Å². The van der Waals surface area contributed by atoms with Crippen molar-refractivity contribution < 1.29 is 13.6 Å². The van der Waals surface area contributed by atoms with Gasteiger partial charge in [-0.05, 0) is 29.8 Å². The molecule has 3 rings (SSSR count). The van der Waals surface area contributed by atoms with Gasteiger partial charge in [0, 0.05) is 12.1 Å². The van der Waals surface area contributed by atoms with Gasteiger partial charge in [0.2, 0.25) is 6.43 Å². The van der Waals surface area contributed by atoms with Gasteiger partial charge in [-0.1, -0.05) is 35.5 Å². The molecule has 0 saturated heterocycles. The second kappa shape index (κ2) is 7.52. The molecule has 1 aromatic heterocycles. The maximum absolute atomic E-state index is 12.4. The van der Waals surface area contributed by atoms with E-state index in [4.69, 9.17) is 0 Å². The van der Waals surface area contributed by atoms with Crippen LogP contribution in [0.25, 0.3) is 5.69 Å². The highest BCUT2D eigenvalue weighted by Crippen LogP contribution is 2.15. The summed E-state index contributed by atoms with van der Waals surface area (Å²) in [6.07, 6.45) is -1.22. The molecule has 0 fully saturated rings. The molecule has 2 aromatic carbocycles. The molecule has 2 amide bonds. The average Bonchev–Trinajstić information content (AvgIpc) is 3.03. The van der Waals surface area contributed by atoms with E-state index in [2.05, 4.69) is 20.9 Å². The zero-order valence-corrected chi connectivity index (χ0v) is 13.1. The third-order valence-electron chi connectivity index (χ3n) is 3.33. The Balaban J connectivity index is 1.62. The number of nitrogens with one attached hydrogen (secondary N) is 2. The Morgan fingerprint density at radius 2 is 1.88 bits per heavy atom. The third-order valence-corrected chi connectivity index (χ3v) is 3.33. The van der Waals surface area contributed by atoms with E-state index in [1.807, 2.05) is 30.3 Å². The van der Waals surface area contributed by atoms with Gasteiger partial charge in [-0.3, -0.25) is 5.32 Å². The Hall–Kier alpha value is -3.29. The first-order chi connectivity index (χ1) is 12.1. The number of benzene rings is 2. The number of para-hydroxylation sites is 1. The number of aromatic nitrogens is 3. The van der Waals surface area contributed by atoms with Crippen LogP contribution < -0.4 is 10.6 Å². The van der Waals surface area contributed by atoms with Gasteiger partial charge < -0.3 is 5.32 Å².